The van der Waals surface area contributed by atoms with Crippen molar-refractivity contribution in [2.24, 2.45) is 11.7 Å². The average Bonchev–Trinajstić information content (AvgIpc) is 2.93. The quantitative estimate of drug-likeness (QED) is 0.875. The van der Waals surface area contributed by atoms with Crippen LogP contribution in [0.3, 0.4) is 0 Å². The summed E-state index contributed by atoms with van der Waals surface area (Å²) >= 11 is 1.60. The lowest BCUT2D eigenvalue weighted by Crippen LogP contribution is -2.39. The van der Waals surface area contributed by atoms with Gasteiger partial charge in [-0.3, -0.25) is 4.90 Å². The van der Waals surface area contributed by atoms with Crippen LogP contribution in [0, 0.1) is 5.92 Å². The van der Waals surface area contributed by atoms with E-state index in [1.54, 1.807) is 11.3 Å². The van der Waals surface area contributed by atoms with Crippen LogP contribution in [0.2, 0.25) is 0 Å². The van der Waals surface area contributed by atoms with Crippen LogP contribution in [0.15, 0.2) is 21.9 Å². The maximum absolute atomic E-state index is 5.84. The fourth-order valence-electron chi connectivity index (χ4n) is 2.36. The number of thiophene rings is 1. The zero-order valence-electron chi connectivity index (χ0n) is 11.0. The number of rotatable bonds is 6. The molecule has 1 unspecified atom stereocenters. The second-order valence-electron chi connectivity index (χ2n) is 5.03. The highest BCUT2D eigenvalue weighted by Crippen LogP contribution is 2.35. The van der Waals surface area contributed by atoms with Crippen molar-refractivity contribution in [1.29, 1.82) is 0 Å². The van der Waals surface area contributed by atoms with E-state index in [1.807, 2.05) is 17.5 Å². The van der Waals surface area contributed by atoms with E-state index in [2.05, 4.69) is 22.1 Å². The summed E-state index contributed by atoms with van der Waals surface area (Å²) in [6.07, 6.45) is 2.58. The van der Waals surface area contributed by atoms with E-state index in [9.17, 15) is 0 Å². The van der Waals surface area contributed by atoms with Gasteiger partial charge < -0.3 is 10.2 Å². The summed E-state index contributed by atoms with van der Waals surface area (Å²) in [5, 5.41) is 10.2. The molecule has 5 nitrogen and oxygen atoms in total. The molecule has 0 saturated heterocycles. The predicted octanol–water partition coefficient (Wildman–Crippen LogP) is 1.97. The summed E-state index contributed by atoms with van der Waals surface area (Å²) in [4.78, 5) is 3.24. The second kappa shape index (κ2) is 5.40. The van der Waals surface area contributed by atoms with Gasteiger partial charge in [0.15, 0.2) is 0 Å². The predicted molar refractivity (Wildman–Crippen MR) is 74.6 cm³/mol. The molecule has 19 heavy (non-hydrogen) atoms. The number of nitrogens with two attached hydrogens (primary N) is 1. The number of aromatic nitrogens is 2. The third-order valence-electron chi connectivity index (χ3n) is 3.56. The van der Waals surface area contributed by atoms with Gasteiger partial charge in [-0.05, 0) is 37.3 Å². The van der Waals surface area contributed by atoms with Crippen molar-refractivity contribution in [3.8, 4) is 10.8 Å². The molecule has 102 valence electrons. The summed E-state index contributed by atoms with van der Waals surface area (Å²) in [5.41, 5.74) is 5.84. The number of hydrogen-bond acceptors (Lipinski definition) is 6. The Morgan fingerprint density at radius 1 is 1.53 bits per heavy atom. The molecule has 2 heterocycles. The van der Waals surface area contributed by atoms with Crippen LogP contribution >= 0.6 is 11.3 Å². The number of nitrogens with zero attached hydrogens (tertiary/aromatic N) is 3. The Balaban J connectivity index is 1.66. The molecule has 0 radical (unpaired) electrons. The third-order valence-corrected chi connectivity index (χ3v) is 4.42. The van der Waals surface area contributed by atoms with Crippen molar-refractivity contribution < 1.29 is 4.42 Å². The monoisotopic (exact) mass is 278 g/mol. The van der Waals surface area contributed by atoms with E-state index in [0.717, 1.165) is 10.8 Å². The first-order chi connectivity index (χ1) is 9.28. The maximum Gasteiger partial charge on any atom is 0.257 e. The second-order valence-corrected chi connectivity index (χ2v) is 5.98. The topological polar surface area (TPSA) is 68.2 Å². The van der Waals surface area contributed by atoms with Crippen molar-refractivity contribution in [1.82, 2.24) is 15.1 Å². The molecule has 1 saturated carbocycles. The van der Waals surface area contributed by atoms with E-state index in [4.69, 9.17) is 10.2 Å². The Morgan fingerprint density at radius 3 is 3.00 bits per heavy atom. The van der Waals surface area contributed by atoms with Crippen LogP contribution in [-0.4, -0.2) is 34.7 Å². The Hall–Kier alpha value is -1.24. The van der Waals surface area contributed by atoms with Gasteiger partial charge in [0, 0.05) is 12.6 Å². The van der Waals surface area contributed by atoms with Gasteiger partial charge in [-0.15, -0.1) is 21.5 Å². The van der Waals surface area contributed by atoms with Gasteiger partial charge in [0.25, 0.3) is 5.89 Å². The summed E-state index contributed by atoms with van der Waals surface area (Å²) in [5.74, 6) is 2.01. The SMILES string of the molecule is CN(Cc1nnc(-c2cccs2)o1)C(CN)C1CC1. The lowest BCUT2D eigenvalue weighted by Gasteiger charge is -2.25. The lowest BCUT2D eigenvalue weighted by atomic mass is 10.1. The van der Waals surface area contributed by atoms with E-state index >= 15 is 0 Å². The van der Waals surface area contributed by atoms with Gasteiger partial charge >= 0.3 is 0 Å². The minimum absolute atomic E-state index is 0.428. The molecule has 0 amide bonds. The van der Waals surface area contributed by atoms with Gasteiger partial charge in [0.05, 0.1) is 11.4 Å². The Bertz CT molecular complexity index is 520. The maximum atomic E-state index is 5.84. The molecule has 0 spiro atoms. The van der Waals surface area contributed by atoms with Gasteiger partial charge in [0.1, 0.15) is 0 Å². The molecule has 1 fully saturated rings. The van der Waals surface area contributed by atoms with Crippen LogP contribution < -0.4 is 5.73 Å². The van der Waals surface area contributed by atoms with Crippen LogP contribution in [0.4, 0.5) is 0 Å². The molecule has 0 bridgehead atoms. The molecule has 3 rings (SSSR count). The summed E-state index contributed by atoms with van der Waals surface area (Å²) < 4.78 is 5.70. The fraction of sp³-hybridized carbons (Fsp3) is 0.538. The van der Waals surface area contributed by atoms with Crippen molar-refractivity contribution in [3.05, 3.63) is 23.4 Å². The van der Waals surface area contributed by atoms with E-state index < -0.39 is 0 Å². The van der Waals surface area contributed by atoms with Gasteiger partial charge in [-0.1, -0.05) is 6.07 Å². The highest BCUT2D eigenvalue weighted by atomic mass is 32.1. The summed E-state index contributed by atoms with van der Waals surface area (Å²) in [6, 6.07) is 4.39. The fourth-order valence-corrected chi connectivity index (χ4v) is 3.01. The molecule has 0 aromatic carbocycles. The first-order valence-electron chi connectivity index (χ1n) is 6.54. The zero-order chi connectivity index (χ0) is 13.2. The van der Waals surface area contributed by atoms with E-state index in [0.29, 0.717) is 30.9 Å². The summed E-state index contributed by atoms with van der Waals surface area (Å²) in [7, 11) is 2.07. The van der Waals surface area contributed by atoms with E-state index in [-0.39, 0.29) is 0 Å². The van der Waals surface area contributed by atoms with E-state index in [1.165, 1.54) is 12.8 Å². The number of likely N-dealkylation sites (N-methyl/N-ethyl adjacent to an activating group) is 1. The average molecular weight is 278 g/mol. The van der Waals surface area contributed by atoms with Gasteiger partial charge in [-0.25, -0.2) is 0 Å². The molecule has 6 heteroatoms. The van der Waals surface area contributed by atoms with Crippen LogP contribution in [0.5, 0.6) is 0 Å². The van der Waals surface area contributed by atoms with Crippen molar-refractivity contribution in [3.63, 3.8) is 0 Å². The molecule has 2 N–H and O–H groups in total. The zero-order valence-corrected chi connectivity index (χ0v) is 11.8. The van der Waals surface area contributed by atoms with Crippen molar-refractivity contribution in [2.75, 3.05) is 13.6 Å². The first-order valence-corrected chi connectivity index (χ1v) is 7.42. The highest BCUT2D eigenvalue weighted by Gasteiger charge is 2.33. The molecular weight excluding hydrogens is 260 g/mol. The Labute approximate surface area is 116 Å². The van der Waals surface area contributed by atoms with Crippen molar-refractivity contribution in [2.45, 2.75) is 25.4 Å². The largest absolute Gasteiger partial charge is 0.419 e. The standard InChI is InChI=1S/C13H18N4OS/c1-17(10(7-14)9-4-5-9)8-12-15-16-13(18-12)11-3-2-6-19-11/h2-3,6,9-10H,4-5,7-8,14H2,1H3. The van der Waals surface area contributed by atoms with Gasteiger partial charge in [-0.2, -0.15) is 0 Å². The highest BCUT2D eigenvalue weighted by molar-refractivity contribution is 7.13. The van der Waals surface area contributed by atoms with Crippen LogP contribution in [-0.2, 0) is 6.54 Å². The minimum Gasteiger partial charge on any atom is -0.419 e. The normalized spacial score (nSPS) is 17.0. The van der Waals surface area contributed by atoms with Crippen molar-refractivity contribution >= 4 is 11.3 Å². The molecule has 2 aromatic rings. The van der Waals surface area contributed by atoms with Crippen LogP contribution in [0.25, 0.3) is 10.8 Å². The molecule has 1 atom stereocenters. The smallest absolute Gasteiger partial charge is 0.257 e. The van der Waals surface area contributed by atoms with Crippen LogP contribution in [0.1, 0.15) is 18.7 Å². The third kappa shape index (κ3) is 2.86. The number of hydrogen-bond donors (Lipinski definition) is 1. The molecular formula is C13H18N4OS. The lowest BCUT2D eigenvalue weighted by molar-refractivity contribution is 0.197. The molecule has 1 aliphatic carbocycles. The van der Waals surface area contributed by atoms with Gasteiger partial charge in [0.2, 0.25) is 5.89 Å². The molecule has 0 aliphatic heterocycles. The summed E-state index contributed by atoms with van der Waals surface area (Å²) in [6.45, 7) is 1.35. The Morgan fingerprint density at radius 2 is 2.37 bits per heavy atom. The Kier molecular flexibility index (Phi) is 3.63. The minimum atomic E-state index is 0.428. The first kappa shape index (κ1) is 12.8. The molecule has 1 aliphatic rings. The molecule has 2 aromatic heterocycles.